The van der Waals surface area contributed by atoms with E-state index in [4.69, 9.17) is 4.74 Å². The molecular weight excluding hydrogens is 278 g/mol. The van der Waals surface area contributed by atoms with Crippen LogP contribution >= 0.6 is 0 Å². The molecule has 22 heavy (non-hydrogen) atoms. The van der Waals surface area contributed by atoms with Crippen LogP contribution in [0.25, 0.3) is 16.9 Å². The van der Waals surface area contributed by atoms with Crippen LogP contribution in [0.2, 0.25) is 0 Å². The second kappa shape index (κ2) is 5.81. The van der Waals surface area contributed by atoms with E-state index in [2.05, 4.69) is 10.3 Å². The Kier molecular flexibility index (Phi) is 3.70. The highest BCUT2D eigenvalue weighted by Gasteiger charge is 2.16. The smallest absolute Gasteiger partial charge is 0.172 e. The van der Waals surface area contributed by atoms with E-state index in [1.165, 1.54) is 0 Å². The number of carbonyl (C=O) groups is 1. The SMILES string of the molecule is COc1cccc(-c2c(C=O)nnn2-c2ccc(C)cc2)c1. The molecule has 3 rings (SSSR count). The average Bonchev–Trinajstić information content (AvgIpc) is 2.99. The second-order valence-electron chi connectivity index (χ2n) is 4.92. The van der Waals surface area contributed by atoms with Crippen molar-refractivity contribution < 1.29 is 9.53 Å². The molecule has 0 N–H and O–H groups in total. The number of aldehydes is 1. The first-order valence-corrected chi connectivity index (χ1v) is 6.85. The van der Waals surface area contributed by atoms with E-state index in [0.29, 0.717) is 23.4 Å². The molecule has 0 amide bonds. The van der Waals surface area contributed by atoms with Crippen LogP contribution < -0.4 is 4.74 Å². The molecule has 0 fully saturated rings. The maximum Gasteiger partial charge on any atom is 0.172 e. The van der Waals surface area contributed by atoms with Crippen molar-refractivity contribution >= 4 is 6.29 Å². The maximum absolute atomic E-state index is 11.3. The molecule has 5 nitrogen and oxygen atoms in total. The fourth-order valence-corrected chi connectivity index (χ4v) is 2.28. The molecule has 2 aromatic carbocycles. The van der Waals surface area contributed by atoms with E-state index in [9.17, 15) is 4.79 Å². The van der Waals surface area contributed by atoms with Crippen LogP contribution in [-0.2, 0) is 0 Å². The van der Waals surface area contributed by atoms with Gasteiger partial charge in [0, 0.05) is 5.56 Å². The Balaban J connectivity index is 2.19. The van der Waals surface area contributed by atoms with Gasteiger partial charge >= 0.3 is 0 Å². The lowest BCUT2D eigenvalue weighted by molar-refractivity contribution is 0.111. The third-order valence-corrected chi connectivity index (χ3v) is 3.43. The van der Waals surface area contributed by atoms with Crippen molar-refractivity contribution in [2.75, 3.05) is 7.11 Å². The topological polar surface area (TPSA) is 57.0 Å². The van der Waals surface area contributed by atoms with Crippen molar-refractivity contribution in [1.29, 1.82) is 0 Å². The van der Waals surface area contributed by atoms with Crippen LogP contribution in [0, 0.1) is 6.92 Å². The Labute approximate surface area is 128 Å². The third-order valence-electron chi connectivity index (χ3n) is 3.43. The zero-order chi connectivity index (χ0) is 15.5. The van der Waals surface area contributed by atoms with Crippen molar-refractivity contribution in [3.63, 3.8) is 0 Å². The number of aromatic nitrogens is 3. The second-order valence-corrected chi connectivity index (χ2v) is 4.92. The minimum absolute atomic E-state index is 0.300. The van der Waals surface area contributed by atoms with Gasteiger partial charge in [0.25, 0.3) is 0 Å². The molecule has 5 heteroatoms. The van der Waals surface area contributed by atoms with Gasteiger partial charge in [0.2, 0.25) is 0 Å². The zero-order valence-electron chi connectivity index (χ0n) is 12.4. The molecule has 110 valence electrons. The van der Waals surface area contributed by atoms with Gasteiger partial charge in [-0.2, -0.15) is 0 Å². The van der Waals surface area contributed by atoms with Gasteiger partial charge in [-0.05, 0) is 31.2 Å². The summed E-state index contributed by atoms with van der Waals surface area (Å²) in [6, 6.07) is 15.4. The minimum Gasteiger partial charge on any atom is -0.497 e. The Hall–Kier alpha value is -2.95. The fourth-order valence-electron chi connectivity index (χ4n) is 2.28. The van der Waals surface area contributed by atoms with Crippen LogP contribution in [0.3, 0.4) is 0 Å². The lowest BCUT2D eigenvalue weighted by Gasteiger charge is -2.08. The number of hydrogen-bond acceptors (Lipinski definition) is 4. The number of carbonyl (C=O) groups excluding carboxylic acids is 1. The summed E-state index contributed by atoms with van der Waals surface area (Å²) in [6.45, 7) is 2.02. The van der Waals surface area contributed by atoms with Gasteiger partial charge in [-0.25, -0.2) is 4.68 Å². The van der Waals surface area contributed by atoms with Crippen molar-refractivity contribution in [3.05, 3.63) is 59.8 Å². The predicted octanol–water partition coefficient (Wildman–Crippen LogP) is 3.06. The molecule has 0 spiro atoms. The molecule has 0 aliphatic carbocycles. The van der Waals surface area contributed by atoms with Crippen LogP contribution in [0.4, 0.5) is 0 Å². The Morgan fingerprint density at radius 1 is 1.14 bits per heavy atom. The summed E-state index contributed by atoms with van der Waals surface area (Å²) in [5.74, 6) is 0.714. The van der Waals surface area contributed by atoms with Gasteiger partial charge in [-0.15, -0.1) is 5.10 Å². The van der Waals surface area contributed by atoms with Crippen molar-refractivity contribution in [3.8, 4) is 22.7 Å². The van der Waals surface area contributed by atoms with Crippen LogP contribution in [0.15, 0.2) is 48.5 Å². The van der Waals surface area contributed by atoms with Gasteiger partial charge in [0.15, 0.2) is 12.0 Å². The molecule has 0 aliphatic heterocycles. The Morgan fingerprint density at radius 2 is 1.91 bits per heavy atom. The molecule has 1 heterocycles. The fraction of sp³-hybridized carbons (Fsp3) is 0.118. The summed E-state index contributed by atoms with van der Waals surface area (Å²) in [7, 11) is 1.61. The highest BCUT2D eigenvalue weighted by molar-refractivity contribution is 5.84. The number of hydrogen-bond donors (Lipinski definition) is 0. The lowest BCUT2D eigenvalue weighted by atomic mass is 10.1. The number of ether oxygens (including phenoxy) is 1. The monoisotopic (exact) mass is 293 g/mol. The molecule has 1 aromatic heterocycles. The summed E-state index contributed by atoms with van der Waals surface area (Å²) in [5, 5.41) is 8.08. The minimum atomic E-state index is 0.300. The van der Waals surface area contributed by atoms with Crippen LogP contribution in [0.5, 0.6) is 5.75 Å². The lowest BCUT2D eigenvalue weighted by Crippen LogP contribution is -2.00. The zero-order valence-corrected chi connectivity index (χ0v) is 12.4. The van der Waals surface area contributed by atoms with Gasteiger partial charge in [0.1, 0.15) is 11.4 Å². The number of rotatable bonds is 4. The Morgan fingerprint density at radius 3 is 2.59 bits per heavy atom. The van der Waals surface area contributed by atoms with Crippen molar-refractivity contribution in [2.24, 2.45) is 0 Å². The normalized spacial score (nSPS) is 10.5. The molecular formula is C17H15N3O2. The van der Waals surface area contributed by atoms with Crippen LogP contribution in [0.1, 0.15) is 16.1 Å². The van der Waals surface area contributed by atoms with Gasteiger partial charge in [0.05, 0.1) is 12.8 Å². The van der Waals surface area contributed by atoms with E-state index in [1.54, 1.807) is 11.8 Å². The van der Waals surface area contributed by atoms with Crippen molar-refractivity contribution in [2.45, 2.75) is 6.92 Å². The number of benzene rings is 2. The first kappa shape index (κ1) is 14.0. The van der Waals surface area contributed by atoms with E-state index in [-0.39, 0.29) is 0 Å². The highest BCUT2D eigenvalue weighted by Crippen LogP contribution is 2.27. The quantitative estimate of drug-likeness (QED) is 0.694. The molecule has 0 unspecified atom stereocenters. The number of aryl methyl sites for hydroxylation is 1. The summed E-state index contributed by atoms with van der Waals surface area (Å²) in [4.78, 5) is 11.3. The largest absolute Gasteiger partial charge is 0.497 e. The molecule has 0 aliphatic rings. The molecule has 0 radical (unpaired) electrons. The molecule has 0 saturated carbocycles. The average molecular weight is 293 g/mol. The van der Waals surface area contributed by atoms with E-state index < -0.39 is 0 Å². The van der Waals surface area contributed by atoms with E-state index in [1.807, 2.05) is 55.5 Å². The van der Waals surface area contributed by atoms with Crippen LogP contribution in [-0.4, -0.2) is 28.4 Å². The summed E-state index contributed by atoms with van der Waals surface area (Å²) in [5.41, 5.74) is 3.78. The predicted molar refractivity (Wildman–Crippen MR) is 83.5 cm³/mol. The summed E-state index contributed by atoms with van der Waals surface area (Å²) >= 11 is 0. The molecule has 3 aromatic rings. The summed E-state index contributed by atoms with van der Waals surface area (Å²) in [6.07, 6.45) is 0.715. The van der Waals surface area contributed by atoms with Gasteiger partial charge in [-0.3, -0.25) is 4.79 Å². The maximum atomic E-state index is 11.3. The van der Waals surface area contributed by atoms with Gasteiger partial charge < -0.3 is 4.74 Å². The number of methoxy groups -OCH3 is 1. The molecule has 0 bridgehead atoms. The van der Waals surface area contributed by atoms with E-state index in [0.717, 1.165) is 16.8 Å². The molecule has 0 atom stereocenters. The summed E-state index contributed by atoms with van der Waals surface area (Å²) < 4.78 is 6.91. The van der Waals surface area contributed by atoms with Crippen molar-refractivity contribution in [1.82, 2.24) is 15.0 Å². The Bertz CT molecular complexity index is 807. The third kappa shape index (κ3) is 2.48. The molecule has 0 saturated heterocycles. The standard InChI is InChI=1S/C17H15N3O2/c1-12-6-8-14(9-7-12)20-17(16(11-21)18-19-20)13-4-3-5-15(10-13)22-2/h3-11H,1-2H3. The highest BCUT2D eigenvalue weighted by atomic mass is 16.5. The number of nitrogens with zero attached hydrogens (tertiary/aromatic N) is 3. The first-order chi connectivity index (χ1) is 10.7. The van der Waals surface area contributed by atoms with E-state index >= 15 is 0 Å². The first-order valence-electron chi connectivity index (χ1n) is 6.85. The van der Waals surface area contributed by atoms with Gasteiger partial charge in [-0.1, -0.05) is 35.0 Å².